The third kappa shape index (κ3) is 2.33. The molecule has 114 valence electrons. The number of rotatable bonds is 2. The van der Waals surface area contributed by atoms with Crippen molar-refractivity contribution in [3.05, 3.63) is 50.5 Å². The Kier molecular flexibility index (Phi) is 3.58. The number of benzene rings is 1. The fourth-order valence-corrected chi connectivity index (χ4v) is 2.91. The molecular weight excluding hydrogens is 302 g/mol. The zero-order valence-electron chi connectivity index (χ0n) is 12.2. The van der Waals surface area contributed by atoms with Gasteiger partial charge in [-0.1, -0.05) is 12.1 Å². The molecule has 0 aliphatic carbocycles. The van der Waals surface area contributed by atoms with Crippen molar-refractivity contribution in [2.45, 2.75) is 12.3 Å². The second-order valence-corrected chi connectivity index (χ2v) is 5.55. The zero-order valence-corrected chi connectivity index (χ0v) is 13.0. The van der Waals surface area contributed by atoms with Crippen LogP contribution in [0.25, 0.3) is 0 Å². The Morgan fingerprint density at radius 3 is 2.86 bits per heavy atom. The maximum Gasteiger partial charge on any atom is 0.257 e. The molecule has 1 aromatic carbocycles. The molecule has 2 heterocycles. The summed E-state index contributed by atoms with van der Waals surface area (Å²) in [4.78, 5) is 27.0. The predicted octanol–water partition coefficient (Wildman–Crippen LogP) is 1.93. The van der Waals surface area contributed by atoms with Crippen LogP contribution in [0.2, 0.25) is 0 Å². The molecule has 0 saturated heterocycles. The van der Waals surface area contributed by atoms with Crippen LogP contribution in [0.15, 0.2) is 29.1 Å². The van der Waals surface area contributed by atoms with Gasteiger partial charge in [-0.05, 0) is 29.9 Å². The van der Waals surface area contributed by atoms with Gasteiger partial charge in [0.25, 0.3) is 5.56 Å². The van der Waals surface area contributed by atoms with Crippen molar-refractivity contribution in [1.29, 1.82) is 0 Å². The minimum Gasteiger partial charge on any atom is -0.497 e. The van der Waals surface area contributed by atoms with E-state index in [0.717, 1.165) is 5.56 Å². The number of carbonyl (C=O) groups is 1. The van der Waals surface area contributed by atoms with E-state index in [9.17, 15) is 9.59 Å². The zero-order chi connectivity index (χ0) is 15.9. The summed E-state index contributed by atoms with van der Waals surface area (Å²) in [5.74, 6) is 0.670. The van der Waals surface area contributed by atoms with Gasteiger partial charge in [-0.2, -0.15) is 0 Å². The van der Waals surface area contributed by atoms with Crippen LogP contribution in [-0.2, 0) is 11.8 Å². The van der Waals surface area contributed by atoms with Crippen LogP contribution in [0, 0.1) is 4.77 Å². The number of nitrogens with one attached hydrogen (secondary N) is 2. The molecule has 6 nitrogen and oxygen atoms in total. The topological polar surface area (TPSA) is 76.1 Å². The molecular formula is C15H15N3O3S. The molecule has 1 unspecified atom stereocenters. The Bertz CT molecular complexity index is 869. The van der Waals surface area contributed by atoms with Gasteiger partial charge in [-0.25, -0.2) is 0 Å². The van der Waals surface area contributed by atoms with Crippen LogP contribution in [-0.4, -0.2) is 22.6 Å². The highest BCUT2D eigenvalue weighted by molar-refractivity contribution is 7.71. The summed E-state index contributed by atoms with van der Waals surface area (Å²) in [6.45, 7) is 0. The molecule has 22 heavy (non-hydrogen) atoms. The molecule has 2 N–H and O–H groups in total. The quantitative estimate of drug-likeness (QED) is 0.830. The number of carbonyl (C=O) groups excluding carboxylic acids is 1. The van der Waals surface area contributed by atoms with E-state index >= 15 is 0 Å². The van der Waals surface area contributed by atoms with Gasteiger partial charge < -0.3 is 14.6 Å². The Morgan fingerprint density at radius 1 is 1.36 bits per heavy atom. The summed E-state index contributed by atoms with van der Waals surface area (Å²) in [7, 11) is 3.29. The average molecular weight is 317 g/mol. The highest BCUT2D eigenvalue weighted by Gasteiger charge is 2.31. The van der Waals surface area contributed by atoms with E-state index in [1.807, 2.05) is 24.3 Å². The van der Waals surface area contributed by atoms with Crippen LogP contribution in [0.5, 0.6) is 5.75 Å². The van der Waals surface area contributed by atoms with E-state index in [-0.39, 0.29) is 28.6 Å². The molecule has 1 atom stereocenters. The second-order valence-electron chi connectivity index (χ2n) is 5.16. The van der Waals surface area contributed by atoms with Crippen molar-refractivity contribution in [1.82, 2.24) is 9.55 Å². The molecule has 0 spiro atoms. The third-order valence-corrected chi connectivity index (χ3v) is 4.23. The number of fused-ring (bicyclic) bond motifs is 1. The van der Waals surface area contributed by atoms with Crippen molar-refractivity contribution in [2.75, 3.05) is 12.4 Å². The number of nitrogens with zero attached hydrogens (tertiary/aromatic N) is 1. The number of methoxy groups -OCH3 is 1. The van der Waals surface area contributed by atoms with Crippen molar-refractivity contribution >= 4 is 23.9 Å². The molecule has 3 rings (SSSR count). The van der Waals surface area contributed by atoms with Crippen molar-refractivity contribution in [2.24, 2.45) is 7.05 Å². The van der Waals surface area contributed by atoms with E-state index in [2.05, 4.69) is 10.3 Å². The number of hydrogen-bond donors (Lipinski definition) is 2. The third-order valence-electron chi connectivity index (χ3n) is 3.85. The number of hydrogen-bond acceptors (Lipinski definition) is 4. The lowest BCUT2D eigenvalue weighted by molar-refractivity contribution is -0.116. The van der Waals surface area contributed by atoms with Gasteiger partial charge in [0, 0.05) is 19.4 Å². The van der Waals surface area contributed by atoms with E-state index in [0.29, 0.717) is 17.1 Å². The number of aromatic amines is 1. The molecule has 0 bridgehead atoms. The monoisotopic (exact) mass is 317 g/mol. The largest absolute Gasteiger partial charge is 0.497 e. The lowest BCUT2D eigenvalue weighted by Gasteiger charge is -2.26. The average Bonchev–Trinajstić information content (AvgIpc) is 2.51. The maximum absolute atomic E-state index is 12.4. The molecule has 0 fully saturated rings. The first-order chi connectivity index (χ1) is 10.5. The highest BCUT2D eigenvalue weighted by Crippen LogP contribution is 2.35. The Morgan fingerprint density at radius 2 is 2.14 bits per heavy atom. The van der Waals surface area contributed by atoms with Gasteiger partial charge in [0.1, 0.15) is 11.6 Å². The van der Waals surface area contributed by atoms with Gasteiger partial charge in [0.2, 0.25) is 5.91 Å². The number of anilines is 1. The van der Waals surface area contributed by atoms with Gasteiger partial charge in [-0.3, -0.25) is 14.6 Å². The van der Waals surface area contributed by atoms with Crippen molar-refractivity contribution < 1.29 is 9.53 Å². The van der Waals surface area contributed by atoms with E-state index in [4.69, 9.17) is 17.0 Å². The number of aromatic nitrogens is 2. The highest BCUT2D eigenvalue weighted by atomic mass is 32.1. The second kappa shape index (κ2) is 5.42. The molecule has 7 heteroatoms. The molecule has 1 aliphatic heterocycles. The summed E-state index contributed by atoms with van der Waals surface area (Å²) in [5.41, 5.74) is 1.10. The van der Waals surface area contributed by atoms with Crippen LogP contribution in [0.3, 0.4) is 0 Å². The maximum atomic E-state index is 12.4. The van der Waals surface area contributed by atoms with Crippen LogP contribution in [0.4, 0.5) is 5.82 Å². The van der Waals surface area contributed by atoms with E-state index < -0.39 is 0 Å². The van der Waals surface area contributed by atoms with Gasteiger partial charge in [0.05, 0.1) is 12.7 Å². The Balaban J connectivity index is 2.24. The van der Waals surface area contributed by atoms with E-state index in [1.165, 1.54) is 0 Å². The molecule has 0 radical (unpaired) electrons. The van der Waals surface area contributed by atoms with Crippen LogP contribution in [0.1, 0.15) is 23.5 Å². The normalized spacial score (nSPS) is 16.8. The van der Waals surface area contributed by atoms with E-state index in [1.54, 1.807) is 18.7 Å². The molecule has 1 amide bonds. The first-order valence-electron chi connectivity index (χ1n) is 6.78. The van der Waals surface area contributed by atoms with Crippen LogP contribution < -0.4 is 15.6 Å². The first kappa shape index (κ1) is 14.5. The van der Waals surface area contributed by atoms with Gasteiger partial charge >= 0.3 is 0 Å². The molecule has 0 saturated carbocycles. The summed E-state index contributed by atoms with van der Waals surface area (Å²) >= 11 is 5.10. The lowest BCUT2D eigenvalue weighted by atomic mass is 9.86. The predicted molar refractivity (Wildman–Crippen MR) is 85.0 cm³/mol. The first-order valence-corrected chi connectivity index (χ1v) is 7.19. The number of amides is 1. The molecule has 2 aromatic rings. The van der Waals surface area contributed by atoms with Gasteiger partial charge in [-0.15, -0.1) is 0 Å². The summed E-state index contributed by atoms with van der Waals surface area (Å²) in [6, 6.07) is 7.39. The Hall–Kier alpha value is -2.41. The smallest absolute Gasteiger partial charge is 0.257 e. The number of H-pyrrole nitrogens is 1. The SMILES string of the molecule is COc1cccc(C2CC(=O)Nc3c2c(=O)[nH]c(=S)n3C)c1. The fourth-order valence-electron chi connectivity index (χ4n) is 2.73. The molecule has 1 aliphatic rings. The Labute approximate surface area is 131 Å². The standard InChI is InChI=1S/C15H15N3O3S/c1-18-13-12(14(20)17-15(18)22)10(7-11(19)16-13)8-4-3-5-9(6-8)21-2/h3-6,10H,7H2,1-2H3,(H,16,19)(H,17,20,22). The van der Waals surface area contributed by atoms with Crippen molar-refractivity contribution in [3.8, 4) is 5.75 Å². The van der Waals surface area contributed by atoms with Gasteiger partial charge in [0.15, 0.2) is 4.77 Å². The number of ether oxygens (including phenoxy) is 1. The minimum absolute atomic E-state index is 0.143. The summed E-state index contributed by atoms with van der Waals surface area (Å²) in [6.07, 6.45) is 0.208. The molecule has 1 aromatic heterocycles. The fraction of sp³-hybridized carbons (Fsp3) is 0.267. The lowest BCUT2D eigenvalue weighted by Crippen LogP contribution is -2.33. The summed E-state index contributed by atoms with van der Waals surface area (Å²) < 4.78 is 7.11. The van der Waals surface area contributed by atoms with Crippen LogP contribution >= 0.6 is 12.2 Å². The van der Waals surface area contributed by atoms with Crippen molar-refractivity contribution in [3.63, 3.8) is 0 Å². The summed E-state index contributed by atoms with van der Waals surface area (Å²) in [5, 5.41) is 2.74. The minimum atomic E-state index is -0.329.